The van der Waals surface area contributed by atoms with Gasteiger partial charge in [0, 0.05) is 0 Å². The molecule has 2 heteroatoms. The third-order valence-corrected chi connectivity index (χ3v) is 4.01. The van der Waals surface area contributed by atoms with E-state index in [0.717, 1.165) is 18.1 Å². The van der Waals surface area contributed by atoms with Crippen LogP contribution in [-0.2, 0) is 0 Å². The van der Waals surface area contributed by atoms with Crippen LogP contribution in [0, 0.1) is 0 Å². The summed E-state index contributed by atoms with van der Waals surface area (Å²) >= 11 is 1.67. The number of hydrogen-bond acceptors (Lipinski definition) is 1. The van der Waals surface area contributed by atoms with E-state index in [0.29, 0.717) is 0 Å². The van der Waals surface area contributed by atoms with Gasteiger partial charge in [-0.15, -0.1) is 0 Å². The zero-order valence-corrected chi connectivity index (χ0v) is 8.90. The second-order valence-electron chi connectivity index (χ2n) is 3.34. The predicted octanol–water partition coefficient (Wildman–Crippen LogP) is 1.12. The average Bonchev–Trinajstić information content (AvgIpc) is 2.15. The van der Waals surface area contributed by atoms with E-state index in [-0.39, 0.29) is 5.60 Å². The van der Waals surface area contributed by atoms with Gasteiger partial charge in [-0.3, -0.25) is 0 Å². The third kappa shape index (κ3) is 2.28. The molecule has 0 heterocycles. The molecule has 0 aromatic rings. The van der Waals surface area contributed by atoms with Gasteiger partial charge in [0.25, 0.3) is 0 Å². The van der Waals surface area contributed by atoms with E-state index >= 15 is 0 Å². The standard InChI is InChI=1S/C8H17AsO/c9-7-8(10)5-3-1-2-4-6-8/h10H,1-7,9H2. The zero-order valence-electron chi connectivity index (χ0n) is 6.47. The molecule has 1 rings (SSSR count). The summed E-state index contributed by atoms with van der Waals surface area (Å²) in [5.74, 6) is 0. The van der Waals surface area contributed by atoms with Crippen molar-refractivity contribution in [1.82, 2.24) is 0 Å². The van der Waals surface area contributed by atoms with Gasteiger partial charge in [0.15, 0.2) is 0 Å². The molecule has 0 saturated heterocycles. The molecule has 0 amide bonds. The summed E-state index contributed by atoms with van der Waals surface area (Å²) in [7, 11) is 0. The van der Waals surface area contributed by atoms with E-state index < -0.39 is 0 Å². The van der Waals surface area contributed by atoms with Crippen LogP contribution >= 0.6 is 0 Å². The van der Waals surface area contributed by atoms with Crippen LogP contribution in [0.1, 0.15) is 38.5 Å². The molecule has 0 aliphatic heterocycles. The Balaban J connectivity index is 2.41. The van der Waals surface area contributed by atoms with E-state index in [9.17, 15) is 5.11 Å². The van der Waals surface area contributed by atoms with Crippen LogP contribution in [0.3, 0.4) is 0 Å². The van der Waals surface area contributed by atoms with Crippen LogP contribution in [0.5, 0.6) is 0 Å². The Hall–Kier alpha value is 0.518. The van der Waals surface area contributed by atoms with E-state index in [4.69, 9.17) is 0 Å². The fourth-order valence-electron chi connectivity index (χ4n) is 1.59. The normalized spacial score (nSPS) is 25.8. The molecule has 0 spiro atoms. The average molecular weight is 204 g/mol. The number of rotatable bonds is 1. The number of aliphatic hydroxyl groups is 1. The number of hydrogen-bond donors (Lipinski definition) is 1. The first kappa shape index (κ1) is 8.61. The van der Waals surface area contributed by atoms with Gasteiger partial charge in [-0.25, -0.2) is 0 Å². The third-order valence-electron chi connectivity index (χ3n) is 2.41. The van der Waals surface area contributed by atoms with Crippen molar-refractivity contribution in [2.45, 2.75) is 49.3 Å². The molecule has 1 saturated carbocycles. The molecule has 1 nitrogen and oxygen atoms in total. The van der Waals surface area contributed by atoms with Gasteiger partial charge in [0.2, 0.25) is 0 Å². The van der Waals surface area contributed by atoms with Gasteiger partial charge in [-0.1, -0.05) is 0 Å². The van der Waals surface area contributed by atoms with Crippen LogP contribution in [-0.4, -0.2) is 27.6 Å². The maximum atomic E-state index is 9.88. The minimum atomic E-state index is -0.267. The molecular weight excluding hydrogens is 187 g/mol. The SMILES string of the molecule is OC1(C[AsH2])CCCCCC1. The summed E-state index contributed by atoms with van der Waals surface area (Å²) in [6.45, 7) is 0. The molecule has 1 N–H and O–H groups in total. The first-order valence-corrected chi connectivity index (χ1v) is 5.91. The predicted molar refractivity (Wildman–Crippen MR) is 46.0 cm³/mol. The maximum absolute atomic E-state index is 9.88. The van der Waals surface area contributed by atoms with Crippen molar-refractivity contribution in [1.29, 1.82) is 0 Å². The van der Waals surface area contributed by atoms with Crippen molar-refractivity contribution in [3.05, 3.63) is 0 Å². The molecule has 60 valence electrons. The van der Waals surface area contributed by atoms with Crippen molar-refractivity contribution >= 4 is 16.9 Å². The van der Waals surface area contributed by atoms with Gasteiger partial charge < -0.3 is 0 Å². The summed E-state index contributed by atoms with van der Waals surface area (Å²) in [5.41, 5.74) is -0.267. The van der Waals surface area contributed by atoms with Gasteiger partial charge in [-0.2, -0.15) is 0 Å². The summed E-state index contributed by atoms with van der Waals surface area (Å²) in [5, 5.41) is 10.9. The molecule has 1 fully saturated rings. The van der Waals surface area contributed by atoms with Crippen LogP contribution in [0.2, 0.25) is 5.21 Å². The van der Waals surface area contributed by atoms with Crippen LogP contribution < -0.4 is 0 Å². The Bertz CT molecular complexity index is 95.4. The Morgan fingerprint density at radius 1 is 1.10 bits per heavy atom. The van der Waals surface area contributed by atoms with Gasteiger partial charge in [0.1, 0.15) is 0 Å². The summed E-state index contributed by atoms with van der Waals surface area (Å²) in [6, 6.07) is 0. The second-order valence-corrected chi connectivity index (χ2v) is 4.20. The molecule has 0 bridgehead atoms. The minimum absolute atomic E-state index is 0.267. The molecule has 0 aromatic heterocycles. The topological polar surface area (TPSA) is 20.2 Å². The van der Waals surface area contributed by atoms with Crippen LogP contribution in [0.4, 0.5) is 0 Å². The van der Waals surface area contributed by atoms with E-state index in [1.807, 2.05) is 0 Å². The Kier molecular flexibility index (Phi) is 3.26. The first-order chi connectivity index (χ1) is 4.77. The first-order valence-electron chi connectivity index (χ1n) is 4.19. The van der Waals surface area contributed by atoms with Crippen LogP contribution in [0.15, 0.2) is 0 Å². The van der Waals surface area contributed by atoms with Gasteiger partial charge >= 0.3 is 71.3 Å². The second kappa shape index (κ2) is 3.78. The van der Waals surface area contributed by atoms with E-state index in [1.54, 1.807) is 16.9 Å². The van der Waals surface area contributed by atoms with E-state index in [2.05, 4.69) is 0 Å². The molecule has 0 radical (unpaired) electrons. The van der Waals surface area contributed by atoms with E-state index in [1.165, 1.54) is 25.7 Å². The van der Waals surface area contributed by atoms with Crippen molar-refractivity contribution in [3.8, 4) is 0 Å². The monoisotopic (exact) mass is 204 g/mol. The molecule has 1 aliphatic rings. The van der Waals surface area contributed by atoms with Crippen molar-refractivity contribution in [2.75, 3.05) is 0 Å². The molecule has 1 atom stereocenters. The van der Waals surface area contributed by atoms with Crippen molar-refractivity contribution in [2.24, 2.45) is 0 Å². The molecule has 0 aromatic carbocycles. The van der Waals surface area contributed by atoms with Gasteiger partial charge in [0.05, 0.1) is 0 Å². The fraction of sp³-hybridized carbons (Fsp3) is 1.00. The Morgan fingerprint density at radius 2 is 1.60 bits per heavy atom. The molecular formula is C8H17AsO. The summed E-state index contributed by atoms with van der Waals surface area (Å²) in [4.78, 5) is 0. The molecule has 1 aliphatic carbocycles. The van der Waals surface area contributed by atoms with Crippen LogP contribution in [0.25, 0.3) is 0 Å². The summed E-state index contributed by atoms with van der Waals surface area (Å²) in [6.07, 6.45) is 7.22. The molecule has 10 heavy (non-hydrogen) atoms. The summed E-state index contributed by atoms with van der Waals surface area (Å²) < 4.78 is 0. The quantitative estimate of drug-likeness (QED) is 0.501. The zero-order chi connectivity index (χ0) is 7.45. The fourth-order valence-corrected chi connectivity index (χ4v) is 2.45. The molecule has 1 unspecified atom stereocenters. The van der Waals surface area contributed by atoms with Gasteiger partial charge in [-0.05, 0) is 0 Å². The Morgan fingerprint density at radius 3 is 2.00 bits per heavy atom. The Labute approximate surface area is 71.7 Å². The van der Waals surface area contributed by atoms with Crippen molar-refractivity contribution < 1.29 is 5.11 Å². The van der Waals surface area contributed by atoms with Crippen molar-refractivity contribution in [3.63, 3.8) is 0 Å².